The Morgan fingerprint density at radius 3 is 2.39 bits per heavy atom. The van der Waals surface area contributed by atoms with Gasteiger partial charge in [0.1, 0.15) is 0 Å². The second-order valence-corrected chi connectivity index (χ2v) is 8.57. The van der Waals surface area contributed by atoms with Gasteiger partial charge in [-0.2, -0.15) is 0 Å². The predicted molar refractivity (Wildman–Crippen MR) is 126 cm³/mol. The van der Waals surface area contributed by atoms with Gasteiger partial charge in [0, 0.05) is 44.1 Å². The first-order valence-corrected chi connectivity index (χ1v) is 11.3. The number of carbonyl (C=O) groups excluding carboxylic acids is 1. The van der Waals surface area contributed by atoms with Gasteiger partial charge in [-0.3, -0.25) is 4.79 Å². The number of hydrogen-bond donors (Lipinski definition) is 1. The summed E-state index contributed by atoms with van der Waals surface area (Å²) in [4.78, 5) is 17.3. The number of terminal acetylenes is 1. The zero-order chi connectivity index (χ0) is 23.2. The fraction of sp³-hybridized carbons (Fsp3) is 0.370. The third-order valence-corrected chi connectivity index (χ3v) is 6.21. The lowest BCUT2D eigenvalue weighted by Crippen LogP contribution is -2.48. The molecule has 1 saturated heterocycles. The molecule has 2 heterocycles. The van der Waals surface area contributed by atoms with Gasteiger partial charge in [-0.15, -0.1) is 6.42 Å². The minimum Gasteiger partial charge on any atom is -0.459 e. The molecular formula is C27H30N2O4. The van der Waals surface area contributed by atoms with E-state index in [4.69, 9.17) is 15.9 Å². The van der Waals surface area contributed by atoms with E-state index in [1.54, 1.807) is 0 Å². The second-order valence-electron chi connectivity index (χ2n) is 8.57. The van der Waals surface area contributed by atoms with Gasteiger partial charge in [-0.25, -0.2) is 0 Å². The zero-order valence-electron chi connectivity index (χ0n) is 18.9. The average molecular weight is 447 g/mol. The molecule has 2 atom stereocenters. The fourth-order valence-corrected chi connectivity index (χ4v) is 4.07. The summed E-state index contributed by atoms with van der Waals surface area (Å²) < 4.78 is 12.1. The van der Waals surface area contributed by atoms with Crippen molar-refractivity contribution in [1.29, 1.82) is 0 Å². The SMILES string of the molecule is C#Cc1ccc([C@@H]2C=C(C(=O)N3CCN(C)CC3)O[C@H](OCc3ccc(CO)cc3)C2)cc1. The maximum Gasteiger partial charge on any atom is 0.288 e. The van der Waals surface area contributed by atoms with Crippen molar-refractivity contribution in [2.75, 3.05) is 33.2 Å². The Morgan fingerprint density at radius 2 is 1.76 bits per heavy atom. The molecule has 0 spiro atoms. The van der Waals surface area contributed by atoms with Crippen LogP contribution < -0.4 is 0 Å². The highest BCUT2D eigenvalue weighted by Crippen LogP contribution is 2.32. The molecule has 1 amide bonds. The average Bonchev–Trinajstić information content (AvgIpc) is 2.87. The number of aliphatic hydroxyl groups excluding tert-OH is 1. The van der Waals surface area contributed by atoms with Gasteiger partial charge in [-0.1, -0.05) is 42.3 Å². The third kappa shape index (κ3) is 5.82. The van der Waals surface area contributed by atoms with Gasteiger partial charge in [0.25, 0.3) is 5.91 Å². The van der Waals surface area contributed by atoms with E-state index in [0.29, 0.717) is 31.9 Å². The first-order chi connectivity index (χ1) is 16.1. The van der Waals surface area contributed by atoms with E-state index in [2.05, 4.69) is 17.9 Å². The van der Waals surface area contributed by atoms with E-state index in [-0.39, 0.29) is 18.4 Å². The molecule has 0 aliphatic carbocycles. The topological polar surface area (TPSA) is 62.2 Å². The maximum atomic E-state index is 13.2. The number of hydrogen-bond acceptors (Lipinski definition) is 5. The summed E-state index contributed by atoms with van der Waals surface area (Å²) in [5.74, 6) is 2.88. The molecule has 0 aromatic heterocycles. The summed E-state index contributed by atoms with van der Waals surface area (Å²) >= 11 is 0. The van der Waals surface area contributed by atoms with Gasteiger partial charge in [-0.05, 0) is 41.9 Å². The summed E-state index contributed by atoms with van der Waals surface area (Å²) in [6.07, 6.45) is 7.47. The summed E-state index contributed by atoms with van der Waals surface area (Å²) in [5, 5.41) is 9.23. The van der Waals surface area contributed by atoms with Crippen molar-refractivity contribution in [2.45, 2.75) is 31.8 Å². The zero-order valence-corrected chi connectivity index (χ0v) is 18.9. The second kappa shape index (κ2) is 10.7. The van der Waals surface area contributed by atoms with Crippen LogP contribution in [0.4, 0.5) is 0 Å². The van der Waals surface area contributed by atoms with Crippen LogP contribution in [0.25, 0.3) is 0 Å². The van der Waals surface area contributed by atoms with Gasteiger partial charge >= 0.3 is 0 Å². The molecule has 0 radical (unpaired) electrons. The molecule has 0 bridgehead atoms. The van der Waals surface area contributed by atoms with Crippen LogP contribution in [0.5, 0.6) is 0 Å². The number of rotatable bonds is 6. The van der Waals surface area contributed by atoms with Crippen LogP contribution in [0, 0.1) is 12.3 Å². The molecule has 172 valence electrons. The normalized spacial score (nSPS) is 21.1. The maximum absolute atomic E-state index is 13.2. The van der Waals surface area contributed by atoms with Crippen molar-refractivity contribution >= 4 is 5.91 Å². The Kier molecular flexibility index (Phi) is 7.46. The van der Waals surface area contributed by atoms with Crippen LogP contribution in [0.15, 0.2) is 60.4 Å². The number of carbonyl (C=O) groups is 1. The van der Waals surface area contributed by atoms with Crippen molar-refractivity contribution in [3.05, 3.63) is 82.6 Å². The Labute approximate surface area is 195 Å². The van der Waals surface area contributed by atoms with E-state index in [1.165, 1.54) is 0 Å². The Morgan fingerprint density at radius 1 is 1.09 bits per heavy atom. The first kappa shape index (κ1) is 23.1. The fourth-order valence-electron chi connectivity index (χ4n) is 4.07. The molecule has 2 aliphatic rings. The Bertz CT molecular complexity index is 1020. The molecule has 33 heavy (non-hydrogen) atoms. The largest absolute Gasteiger partial charge is 0.459 e. The van der Waals surface area contributed by atoms with E-state index in [1.807, 2.05) is 59.5 Å². The lowest BCUT2D eigenvalue weighted by Gasteiger charge is -2.35. The Hall–Kier alpha value is -3.11. The minimum atomic E-state index is -0.545. The van der Waals surface area contributed by atoms with Crippen molar-refractivity contribution in [2.24, 2.45) is 0 Å². The van der Waals surface area contributed by atoms with Gasteiger partial charge in [0.15, 0.2) is 5.76 Å². The highest BCUT2D eigenvalue weighted by Gasteiger charge is 2.32. The molecule has 0 unspecified atom stereocenters. The predicted octanol–water partition coefficient (Wildman–Crippen LogP) is 2.86. The Balaban J connectivity index is 1.50. The number of piperazine rings is 1. The van der Waals surface area contributed by atoms with Crippen molar-refractivity contribution < 1.29 is 19.4 Å². The molecule has 1 N–H and O–H groups in total. The molecule has 6 nitrogen and oxygen atoms in total. The molecular weight excluding hydrogens is 416 g/mol. The van der Waals surface area contributed by atoms with Crippen LogP contribution in [0.3, 0.4) is 0 Å². The van der Waals surface area contributed by atoms with Crippen LogP contribution in [-0.2, 0) is 27.5 Å². The van der Waals surface area contributed by atoms with Gasteiger partial charge in [0.05, 0.1) is 13.2 Å². The molecule has 6 heteroatoms. The first-order valence-electron chi connectivity index (χ1n) is 11.3. The number of ether oxygens (including phenoxy) is 2. The van der Waals surface area contributed by atoms with Gasteiger partial charge in [0.2, 0.25) is 6.29 Å². The molecule has 2 aromatic rings. The lowest BCUT2D eigenvalue weighted by atomic mass is 9.92. The smallest absolute Gasteiger partial charge is 0.288 e. The van der Waals surface area contributed by atoms with E-state index in [0.717, 1.165) is 35.3 Å². The van der Waals surface area contributed by atoms with Crippen LogP contribution >= 0.6 is 0 Å². The van der Waals surface area contributed by atoms with Crippen LogP contribution in [0.1, 0.15) is 34.6 Å². The highest BCUT2D eigenvalue weighted by atomic mass is 16.7. The summed E-state index contributed by atoms with van der Waals surface area (Å²) in [6, 6.07) is 15.4. The third-order valence-electron chi connectivity index (χ3n) is 6.21. The van der Waals surface area contributed by atoms with Crippen molar-refractivity contribution in [3.63, 3.8) is 0 Å². The summed E-state index contributed by atoms with van der Waals surface area (Å²) in [5.41, 5.74) is 3.72. The summed E-state index contributed by atoms with van der Waals surface area (Å²) in [6.45, 7) is 3.42. The van der Waals surface area contributed by atoms with E-state index in [9.17, 15) is 9.90 Å². The summed E-state index contributed by atoms with van der Waals surface area (Å²) in [7, 11) is 2.06. The molecule has 2 aromatic carbocycles. The number of allylic oxidation sites excluding steroid dienone is 1. The highest BCUT2D eigenvalue weighted by molar-refractivity contribution is 5.92. The molecule has 4 rings (SSSR count). The van der Waals surface area contributed by atoms with E-state index < -0.39 is 6.29 Å². The number of aliphatic hydroxyl groups is 1. The van der Waals surface area contributed by atoms with E-state index >= 15 is 0 Å². The number of benzene rings is 2. The number of likely N-dealkylation sites (N-methyl/N-ethyl adjacent to an activating group) is 1. The standard InChI is InChI=1S/C27H30N2O4/c1-3-20-8-10-23(11-9-20)24-16-25(27(31)29-14-12-28(2)13-15-29)33-26(17-24)32-19-22-6-4-21(18-30)5-7-22/h1,4-11,16,24,26,30H,12-15,17-19H2,2H3/t24-,26+/m1/s1. The molecule has 2 aliphatic heterocycles. The minimum absolute atomic E-state index is 0.00950. The lowest BCUT2D eigenvalue weighted by molar-refractivity contribution is -0.156. The van der Waals surface area contributed by atoms with Crippen LogP contribution in [-0.4, -0.2) is 60.3 Å². The molecule has 1 fully saturated rings. The monoisotopic (exact) mass is 446 g/mol. The quantitative estimate of drug-likeness (QED) is 0.692. The van der Waals surface area contributed by atoms with Gasteiger partial charge < -0.3 is 24.4 Å². The van der Waals surface area contributed by atoms with Crippen molar-refractivity contribution in [1.82, 2.24) is 9.80 Å². The number of nitrogens with zero attached hydrogens (tertiary/aromatic N) is 2. The molecule has 0 saturated carbocycles. The van der Waals surface area contributed by atoms with Crippen LogP contribution in [0.2, 0.25) is 0 Å². The number of amides is 1. The van der Waals surface area contributed by atoms with Crippen molar-refractivity contribution in [3.8, 4) is 12.3 Å².